The minimum absolute atomic E-state index is 0.173. The molecule has 0 atom stereocenters. The molecule has 0 bridgehead atoms. The van der Waals surface area contributed by atoms with Crippen LogP contribution in [0, 0.1) is 5.82 Å². The van der Waals surface area contributed by atoms with Gasteiger partial charge in [-0.3, -0.25) is 0 Å². The summed E-state index contributed by atoms with van der Waals surface area (Å²) in [5.41, 5.74) is 2.05. The SMILES string of the molecule is CN(CCCCc1cc(Cl)cc(Cl)c1)c1nc2nc(Cl)c(F)cc2[nH]1. The maximum atomic E-state index is 13.5. The third-order valence-electron chi connectivity index (χ3n) is 3.86. The van der Waals surface area contributed by atoms with Gasteiger partial charge in [-0.1, -0.05) is 34.8 Å². The lowest BCUT2D eigenvalue weighted by Gasteiger charge is -2.15. The summed E-state index contributed by atoms with van der Waals surface area (Å²) in [6.07, 6.45) is 2.84. The van der Waals surface area contributed by atoms with E-state index in [1.54, 1.807) is 6.07 Å². The summed E-state index contributed by atoms with van der Waals surface area (Å²) in [5, 5.41) is 1.13. The Bertz CT molecular complexity index is 838. The van der Waals surface area contributed by atoms with Gasteiger partial charge < -0.3 is 9.88 Å². The number of nitrogens with one attached hydrogen (secondary N) is 1. The molecule has 132 valence electrons. The van der Waals surface area contributed by atoms with Crippen LogP contribution in [0.3, 0.4) is 0 Å². The van der Waals surface area contributed by atoms with Crippen LogP contribution >= 0.6 is 34.8 Å². The lowest BCUT2D eigenvalue weighted by molar-refractivity contribution is 0.624. The highest BCUT2D eigenvalue weighted by Gasteiger charge is 2.11. The number of halogens is 4. The first-order valence-corrected chi connectivity index (χ1v) is 8.93. The molecule has 0 saturated carbocycles. The maximum absolute atomic E-state index is 13.5. The Labute approximate surface area is 159 Å². The number of hydrogen-bond acceptors (Lipinski definition) is 3. The smallest absolute Gasteiger partial charge is 0.205 e. The zero-order valence-electron chi connectivity index (χ0n) is 13.5. The molecule has 0 radical (unpaired) electrons. The van der Waals surface area contributed by atoms with Crippen LogP contribution < -0.4 is 4.90 Å². The second kappa shape index (κ2) is 7.77. The van der Waals surface area contributed by atoms with E-state index in [0.717, 1.165) is 31.4 Å². The first-order valence-electron chi connectivity index (χ1n) is 7.80. The fourth-order valence-electron chi connectivity index (χ4n) is 2.60. The van der Waals surface area contributed by atoms with Gasteiger partial charge in [-0.05, 0) is 43.0 Å². The predicted molar refractivity (Wildman–Crippen MR) is 102 cm³/mol. The second-order valence-corrected chi connectivity index (χ2v) is 7.08. The molecule has 1 aromatic carbocycles. The number of aromatic amines is 1. The second-order valence-electron chi connectivity index (χ2n) is 5.85. The van der Waals surface area contributed by atoms with Crippen LogP contribution in [0.15, 0.2) is 24.3 Å². The van der Waals surface area contributed by atoms with Crippen molar-refractivity contribution in [2.75, 3.05) is 18.5 Å². The molecular formula is C17H16Cl3FN4. The van der Waals surface area contributed by atoms with Crippen molar-refractivity contribution in [2.45, 2.75) is 19.3 Å². The number of benzene rings is 1. The van der Waals surface area contributed by atoms with E-state index >= 15 is 0 Å². The third-order valence-corrected chi connectivity index (χ3v) is 4.57. The van der Waals surface area contributed by atoms with E-state index < -0.39 is 5.82 Å². The average Bonchev–Trinajstić information content (AvgIpc) is 2.94. The van der Waals surface area contributed by atoms with Gasteiger partial charge in [-0.2, -0.15) is 4.98 Å². The number of aromatic nitrogens is 3. The molecule has 0 unspecified atom stereocenters. The van der Waals surface area contributed by atoms with Crippen molar-refractivity contribution in [3.8, 4) is 0 Å². The highest BCUT2D eigenvalue weighted by Crippen LogP contribution is 2.22. The van der Waals surface area contributed by atoms with Gasteiger partial charge in [-0.25, -0.2) is 9.37 Å². The standard InChI is InChI=1S/C17H16Cl3FN4/c1-25(5-3-2-4-10-6-11(18)8-12(19)7-10)17-22-14-9-13(21)15(20)23-16(14)24-17/h6-9H,2-5H2,1H3,(H,22,23,24). The lowest BCUT2D eigenvalue weighted by atomic mass is 10.1. The summed E-state index contributed by atoms with van der Waals surface area (Å²) in [5.74, 6) is 0.0715. The number of H-pyrrole nitrogens is 1. The molecule has 25 heavy (non-hydrogen) atoms. The minimum atomic E-state index is -0.563. The molecule has 2 aromatic heterocycles. The Morgan fingerprint density at radius 3 is 2.48 bits per heavy atom. The first-order chi connectivity index (χ1) is 11.9. The molecule has 3 rings (SSSR count). The Morgan fingerprint density at radius 2 is 1.76 bits per heavy atom. The molecule has 0 aliphatic carbocycles. The molecule has 4 nitrogen and oxygen atoms in total. The van der Waals surface area contributed by atoms with Crippen LogP contribution in [0.1, 0.15) is 18.4 Å². The molecule has 3 aromatic rings. The summed E-state index contributed by atoms with van der Waals surface area (Å²) in [6.45, 7) is 0.796. The van der Waals surface area contributed by atoms with Gasteiger partial charge in [0, 0.05) is 29.7 Å². The predicted octanol–water partition coefficient (Wildman–Crippen LogP) is 5.52. The molecule has 0 amide bonds. The van der Waals surface area contributed by atoms with Crippen molar-refractivity contribution < 1.29 is 4.39 Å². The first kappa shape index (κ1) is 18.2. The van der Waals surface area contributed by atoms with Gasteiger partial charge in [-0.15, -0.1) is 0 Å². The van der Waals surface area contributed by atoms with Crippen LogP contribution in [0.5, 0.6) is 0 Å². The topological polar surface area (TPSA) is 44.8 Å². The number of aryl methyl sites for hydroxylation is 1. The zero-order chi connectivity index (χ0) is 18.0. The largest absolute Gasteiger partial charge is 0.345 e. The molecule has 0 spiro atoms. The Balaban J connectivity index is 1.56. The van der Waals surface area contributed by atoms with Crippen LogP contribution in [0.2, 0.25) is 15.2 Å². The highest BCUT2D eigenvalue weighted by atomic mass is 35.5. The van der Waals surface area contributed by atoms with E-state index in [1.807, 2.05) is 24.1 Å². The molecular weight excluding hydrogens is 386 g/mol. The van der Waals surface area contributed by atoms with Crippen molar-refractivity contribution in [1.29, 1.82) is 0 Å². The highest BCUT2D eigenvalue weighted by molar-refractivity contribution is 6.34. The fraction of sp³-hybridized carbons (Fsp3) is 0.294. The summed E-state index contributed by atoms with van der Waals surface area (Å²) < 4.78 is 13.5. The van der Waals surface area contributed by atoms with Crippen LogP contribution in [0.25, 0.3) is 11.2 Å². The van der Waals surface area contributed by atoms with Crippen molar-refractivity contribution >= 4 is 51.9 Å². The molecule has 1 N–H and O–H groups in total. The monoisotopic (exact) mass is 400 g/mol. The molecule has 0 saturated heterocycles. The number of nitrogens with zero attached hydrogens (tertiary/aromatic N) is 3. The summed E-state index contributed by atoms with van der Waals surface area (Å²) in [4.78, 5) is 13.3. The van der Waals surface area contributed by atoms with Crippen molar-refractivity contribution in [3.63, 3.8) is 0 Å². The normalized spacial score (nSPS) is 11.2. The van der Waals surface area contributed by atoms with E-state index in [0.29, 0.717) is 27.2 Å². The number of pyridine rings is 1. The minimum Gasteiger partial charge on any atom is -0.345 e. The summed E-state index contributed by atoms with van der Waals surface area (Å²) >= 11 is 17.7. The molecule has 8 heteroatoms. The Hall–Kier alpha value is -1.56. The molecule has 0 fully saturated rings. The summed E-state index contributed by atoms with van der Waals surface area (Å²) in [7, 11) is 1.92. The number of imidazole rings is 1. The fourth-order valence-corrected chi connectivity index (χ4v) is 3.31. The molecule has 2 heterocycles. The van der Waals surface area contributed by atoms with Crippen LogP contribution in [0.4, 0.5) is 10.3 Å². The van der Waals surface area contributed by atoms with E-state index in [4.69, 9.17) is 34.8 Å². The zero-order valence-corrected chi connectivity index (χ0v) is 15.8. The molecule has 0 aliphatic heterocycles. The van der Waals surface area contributed by atoms with E-state index in [2.05, 4.69) is 15.0 Å². The molecule has 0 aliphatic rings. The summed E-state index contributed by atoms with van der Waals surface area (Å²) in [6, 6.07) is 6.89. The van der Waals surface area contributed by atoms with Crippen LogP contribution in [-0.2, 0) is 6.42 Å². The Morgan fingerprint density at radius 1 is 1.04 bits per heavy atom. The van der Waals surface area contributed by atoms with E-state index in [1.165, 1.54) is 6.07 Å². The lowest BCUT2D eigenvalue weighted by Crippen LogP contribution is -2.19. The quantitative estimate of drug-likeness (QED) is 0.437. The van der Waals surface area contributed by atoms with Crippen LogP contribution in [-0.4, -0.2) is 28.5 Å². The number of hydrogen-bond donors (Lipinski definition) is 1. The van der Waals surface area contributed by atoms with Gasteiger partial charge in [0.15, 0.2) is 16.6 Å². The van der Waals surface area contributed by atoms with Gasteiger partial charge in [0.25, 0.3) is 0 Å². The van der Waals surface area contributed by atoms with Gasteiger partial charge in [0.2, 0.25) is 5.95 Å². The van der Waals surface area contributed by atoms with Gasteiger partial charge in [0.1, 0.15) is 0 Å². The number of unbranched alkanes of at least 4 members (excludes halogenated alkanes) is 1. The Kier molecular flexibility index (Phi) is 5.67. The van der Waals surface area contributed by atoms with Crippen molar-refractivity contribution in [1.82, 2.24) is 15.0 Å². The van der Waals surface area contributed by atoms with Gasteiger partial charge in [0.05, 0.1) is 5.52 Å². The van der Waals surface area contributed by atoms with Crippen molar-refractivity contribution in [2.24, 2.45) is 0 Å². The number of fused-ring (bicyclic) bond motifs is 1. The van der Waals surface area contributed by atoms with Gasteiger partial charge >= 0.3 is 0 Å². The third kappa shape index (κ3) is 4.54. The maximum Gasteiger partial charge on any atom is 0.205 e. The van der Waals surface area contributed by atoms with E-state index in [-0.39, 0.29) is 5.15 Å². The average molecular weight is 402 g/mol. The van der Waals surface area contributed by atoms with E-state index in [9.17, 15) is 4.39 Å². The number of rotatable bonds is 6. The van der Waals surface area contributed by atoms with Crippen molar-refractivity contribution in [3.05, 3.63) is 50.8 Å². The number of anilines is 1.